The van der Waals surface area contributed by atoms with Crippen molar-refractivity contribution in [3.8, 4) is 11.5 Å². The van der Waals surface area contributed by atoms with Gasteiger partial charge in [0.25, 0.3) is 0 Å². The molecule has 0 aliphatic heterocycles. The Hall–Kier alpha value is -3.69. The Morgan fingerprint density at radius 3 is 2.07 bits per heavy atom. The smallest absolute Gasteiger partial charge is 0.235 e. The van der Waals surface area contributed by atoms with Crippen LogP contribution < -0.4 is 20.1 Å². The Balaban J connectivity index is 1.87. The molecule has 4 atom stereocenters. The van der Waals surface area contributed by atoms with Crippen LogP contribution in [0.5, 0.6) is 11.5 Å². The lowest BCUT2D eigenvalue weighted by molar-refractivity contribution is -0.150. The normalized spacial score (nSPS) is 21.0. The first-order chi connectivity index (χ1) is 22.1. The molecule has 3 N–H and O–H groups in total. The van der Waals surface area contributed by atoms with Gasteiger partial charge >= 0.3 is 0 Å². The van der Waals surface area contributed by atoms with E-state index < -0.39 is 41.0 Å². The Kier molecular flexibility index (Phi) is 12.0. The van der Waals surface area contributed by atoms with Crippen molar-refractivity contribution in [2.24, 2.45) is 11.8 Å². The number of benzene rings is 3. The number of anilines is 2. The van der Waals surface area contributed by atoms with Crippen molar-refractivity contribution >= 4 is 44.9 Å². The number of amides is 2. The molecular weight excluding hydrogens is 648 g/mol. The van der Waals surface area contributed by atoms with E-state index in [1.54, 1.807) is 18.2 Å². The van der Waals surface area contributed by atoms with Crippen molar-refractivity contribution in [3.05, 3.63) is 81.8 Å². The van der Waals surface area contributed by atoms with Crippen molar-refractivity contribution in [3.63, 3.8) is 0 Å². The first kappa shape index (κ1) is 35.2. The van der Waals surface area contributed by atoms with Crippen molar-refractivity contribution in [2.75, 3.05) is 23.8 Å². The summed E-state index contributed by atoms with van der Waals surface area (Å²) in [7, 11) is 0. The molecule has 2 amide bonds. The second kappa shape index (κ2) is 15.7. The number of aliphatic hydroxyl groups is 1. The molecular formula is C37H45BrN2O6. The van der Waals surface area contributed by atoms with E-state index in [0.717, 1.165) is 24.0 Å². The van der Waals surface area contributed by atoms with Crippen molar-refractivity contribution in [1.82, 2.24) is 0 Å². The van der Waals surface area contributed by atoms with Crippen LogP contribution in [0.25, 0.3) is 0 Å². The highest BCUT2D eigenvalue weighted by molar-refractivity contribution is 9.10. The van der Waals surface area contributed by atoms with Crippen LogP contribution in [0.2, 0.25) is 0 Å². The summed E-state index contributed by atoms with van der Waals surface area (Å²) in [5.41, 5.74) is 1.82. The van der Waals surface area contributed by atoms with E-state index in [4.69, 9.17) is 9.47 Å². The van der Waals surface area contributed by atoms with Gasteiger partial charge in [0.2, 0.25) is 11.8 Å². The third-order valence-corrected chi connectivity index (χ3v) is 9.19. The SMILES string of the molecule is CCCCOc1c(Br)cc(C2C(C(=O)Nc3ccccc3CC)C(=O)CC(C)(O)C2C(=O)Nc2ccccc2CC)cc1OCC. The molecule has 0 bridgehead atoms. The fourth-order valence-electron chi connectivity index (χ4n) is 6.32. The Morgan fingerprint density at radius 1 is 0.913 bits per heavy atom. The van der Waals surface area contributed by atoms with E-state index in [1.807, 2.05) is 63.2 Å². The second-order valence-corrected chi connectivity index (χ2v) is 12.8. The van der Waals surface area contributed by atoms with E-state index in [2.05, 4.69) is 33.5 Å². The van der Waals surface area contributed by atoms with Crippen LogP contribution in [-0.2, 0) is 27.2 Å². The van der Waals surface area contributed by atoms with Gasteiger partial charge in [-0.1, -0.05) is 63.6 Å². The lowest BCUT2D eigenvalue weighted by Crippen LogP contribution is -2.56. The number of rotatable bonds is 13. The quantitative estimate of drug-likeness (QED) is 0.127. The molecule has 0 radical (unpaired) electrons. The number of carbonyl (C=O) groups is 3. The fraction of sp³-hybridized carbons (Fsp3) is 0.432. The van der Waals surface area contributed by atoms with Gasteiger partial charge in [-0.15, -0.1) is 0 Å². The van der Waals surface area contributed by atoms with Crippen LogP contribution in [0.3, 0.4) is 0 Å². The number of hydrogen-bond donors (Lipinski definition) is 3. The first-order valence-corrected chi connectivity index (χ1v) is 17.0. The summed E-state index contributed by atoms with van der Waals surface area (Å²) in [5.74, 6) is -4.00. The summed E-state index contributed by atoms with van der Waals surface area (Å²) in [4.78, 5) is 42.4. The average molecular weight is 694 g/mol. The molecule has 246 valence electrons. The molecule has 4 rings (SSSR count). The molecule has 8 nitrogen and oxygen atoms in total. The number of hydrogen-bond acceptors (Lipinski definition) is 6. The molecule has 0 heterocycles. The zero-order valence-electron chi connectivity index (χ0n) is 27.3. The van der Waals surface area contributed by atoms with Crippen molar-refractivity contribution in [1.29, 1.82) is 0 Å². The maximum absolute atomic E-state index is 14.3. The summed E-state index contributed by atoms with van der Waals surface area (Å²) in [6, 6.07) is 18.4. The molecule has 46 heavy (non-hydrogen) atoms. The van der Waals surface area contributed by atoms with Gasteiger partial charge < -0.3 is 25.2 Å². The number of nitrogens with one attached hydrogen (secondary N) is 2. The van der Waals surface area contributed by atoms with Gasteiger partial charge in [0.05, 0.1) is 29.2 Å². The Labute approximate surface area is 280 Å². The Morgan fingerprint density at radius 2 is 1.50 bits per heavy atom. The van der Waals surface area contributed by atoms with Gasteiger partial charge in [-0.2, -0.15) is 0 Å². The third-order valence-electron chi connectivity index (χ3n) is 8.61. The number of halogens is 1. The third kappa shape index (κ3) is 7.81. The van der Waals surface area contributed by atoms with E-state index in [-0.39, 0.29) is 6.42 Å². The minimum absolute atomic E-state index is 0.344. The van der Waals surface area contributed by atoms with Gasteiger partial charge in [-0.05, 0) is 90.0 Å². The van der Waals surface area contributed by atoms with Crippen LogP contribution in [0.1, 0.15) is 76.5 Å². The van der Waals surface area contributed by atoms with E-state index in [9.17, 15) is 19.5 Å². The number of unbranched alkanes of at least 4 members (excludes halogenated alkanes) is 1. The predicted octanol–water partition coefficient (Wildman–Crippen LogP) is 7.47. The molecule has 4 unspecified atom stereocenters. The van der Waals surface area contributed by atoms with Gasteiger partial charge in [-0.3, -0.25) is 14.4 Å². The predicted molar refractivity (Wildman–Crippen MR) is 185 cm³/mol. The molecule has 9 heteroatoms. The lowest BCUT2D eigenvalue weighted by Gasteiger charge is -2.44. The molecule has 1 saturated carbocycles. The number of ether oxygens (including phenoxy) is 2. The maximum atomic E-state index is 14.3. The molecule has 3 aromatic rings. The number of Topliss-reactive ketones (excluding diaryl/α,β-unsaturated/α-hetero) is 1. The number of ketones is 1. The highest BCUT2D eigenvalue weighted by atomic mass is 79.9. The topological polar surface area (TPSA) is 114 Å². The van der Waals surface area contributed by atoms with Crippen LogP contribution in [-0.4, -0.2) is 41.5 Å². The molecule has 1 aliphatic rings. The summed E-state index contributed by atoms with van der Waals surface area (Å²) < 4.78 is 12.6. The number of aryl methyl sites for hydroxylation is 2. The Bertz CT molecular complexity index is 1550. The van der Waals surface area contributed by atoms with E-state index in [0.29, 0.717) is 59.0 Å². The van der Waals surface area contributed by atoms with Gasteiger partial charge in [-0.25, -0.2) is 0 Å². The minimum Gasteiger partial charge on any atom is -0.490 e. The standard InChI is InChI=1S/C37H45BrN2O6/c1-6-10-19-46-34-26(38)20-25(21-30(34)45-9-4)31-32(35(42)39-27-17-13-11-15-23(27)7-2)29(41)22-37(5,44)33(31)36(43)40-28-18-14-12-16-24(28)8-3/h11-18,20-21,31-33,44H,6-10,19,22H2,1-5H3,(H,39,42)(H,40,43). The summed E-state index contributed by atoms with van der Waals surface area (Å²) in [6.45, 7) is 10.2. The molecule has 1 fully saturated rings. The maximum Gasteiger partial charge on any atom is 0.235 e. The zero-order valence-corrected chi connectivity index (χ0v) is 28.9. The highest BCUT2D eigenvalue weighted by Crippen LogP contribution is 2.49. The minimum atomic E-state index is -1.75. The lowest BCUT2D eigenvalue weighted by atomic mass is 9.61. The fourth-order valence-corrected chi connectivity index (χ4v) is 6.89. The van der Waals surface area contributed by atoms with E-state index in [1.165, 1.54) is 6.92 Å². The van der Waals surface area contributed by atoms with Crippen molar-refractivity contribution < 1.29 is 29.0 Å². The molecule has 0 aromatic heterocycles. The molecule has 3 aromatic carbocycles. The van der Waals surface area contributed by atoms with Gasteiger partial charge in [0.15, 0.2) is 11.5 Å². The summed E-state index contributed by atoms with van der Waals surface area (Å²) in [5, 5.41) is 17.8. The van der Waals surface area contributed by atoms with E-state index >= 15 is 0 Å². The van der Waals surface area contributed by atoms with Gasteiger partial charge in [0.1, 0.15) is 11.7 Å². The van der Waals surface area contributed by atoms with Crippen LogP contribution in [0.15, 0.2) is 65.1 Å². The van der Waals surface area contributed by atoms with Crippen LogP contribution >= 0.6 is 15.9 Å². The molecule has 0 saturated heterocycles. The number of carbonyl (C=O) groups excluding carboxylic acids is 3. The summed E-state index contributed by atoms with van der Waals surface area (Å²) >= 11 is 3.64. The molecule has 1 aliphatic carbocycles. The van der Waals surface area contributed by atoms with Crippen LogP contribution in [0, 0.1) is 11.8 Å². The average Bonchev–Trinajstić information content (AvgIpc) is 3.01. The van der Waals surface area contributed by atoms with Gasteiger partial charge in [0, 0.05) is 23.7 Å². The first-order valence-electron chi connectivity index (χ1n) is 16.2. The van der Waals surface area contributed by atoms with Crippen molar-refractivity contribution in [2.45, 2.75) is 78.2 Å². The monoisotopic (exact) mass is 692 g/mol. The second-order valence-electron chi connectivity index (χ2n) is 11.9. The molecule has 0 spiro atoms. The largest absolute Gasteiger partial charge is 0.490 e. The highest BCUT2D eigenvalue weighted by Gasteiger charge is 2.56. The zero-order chi connectivity index (χ0) is 33.4. The van der Waals surface area contributed by atoms with Crippen LogP contribution in [0.4, 0.5) is 11.4 Å². The number of para-hydroxylation sites is 2. The summed E-state index contributed by atoms with van der Waals surface area (Å²) in [6.07, 6.45) is 2.81.